The van der Waals surface area contributed by atoms with Crippen molar-refractivity contribution in [2.24, 2.45) is 0 Å². The first-order valence-electron chi connectivity index (χ1n) is 7.37. The quantitative estimate of drug-likeness (QED) is 0.910. The number of aromatic hydroxyl groups is 1. The molecule has 2 fully saturated rings. The lowest BCUT2D eigenvalue weighted by Gasteiger charge is -2.35. The molecule has 2 atom stereocenters. The Morgan fingerprint density at radius 2 is 2.10 bits per heavy atom. The molecule has 2 saturated heterocycles. The minimum absolute atomic E-state index is 0.0108. The Bertz CT molecular complexity index is 540. The van der Waals surface area contributed by atoms with Gasteiger partial charge in [0.1, 0.15) is 18.4 Å². The number of benzene rings is 1. The average molecular weight is 289 g/mol. The normalized spacial score (nSPS) is 25.0. The number of nitrogens with zero attached hydrogens (tertiary/aromatic N) is 1. The molecule has 2 aliphatic rings. The van der Waals surface area contributed by atoms with Crippen LogP contribution in [0.25, 0.3) is 0 Å². The largest absolute Gasteiger partial charge is 0.508 e. The van der Waals surface area contributed by atoms with Gasteiger partial charge in [0.2, 0.25) is 5.91 Å². The molecule has 1 amide bonds. The van der Waals surface area contributed by atoms with Crippen molar-refractivity contribution in [3.8, 4) is 5.75 Å². The summed E-state index contributed by atoms with van der Waals surface area (Å²) in [7, 11) is 0. The van der Waals surface area contributed by atoms with Crippen LogP contribution < -0.4 is 0 Å². The molecule has 0 saturated carbocycles. The number of hydrogen-bond acceptors (Lipinski definition) is 4. The van der Waals surface area contributed by atoms with Gasteiger partial charge < -0.3 is 14.7 Å². The van der Waals surface area contributed by atoms with Crippen LogP contribution in [0.15, 0.2) is 24.3 Å². The minimum Gasteiger partial charge on any atom is -0.508 e. The predicted molar refractivity (Wildman–Crippen MR) is 75.9 cm³/mol. The third-order valence-electron chi connectivity index (χ3n) is 4.23. The number of hydrogen-bond donors (Lipinski definition) is 1. The molecule has 0 spiro atoms. The Morgan fingerprint density at radius 1 is 1.33 bits per heavy atom. The van der Waals surface area contributed by atoms with Crippen LogP contribution in [0.5, 0.6) is 5.75 Å². The SMILES string of the molecule is O=C1COC2CCCN(C(=O)CCc3ccc(O)cc3)C12. The molecule has 0 aromatic heterocycles. The number of rotatable bonds is 3. The van der Waals surface area contributed by atoms with Crippen LogP contribution >= 0.6 is 0 Å². The molecule has 2 unspecified atom stereocenters. The number of phenolic OH excluding ortho intramolecular Hbond substituents is 1. The molecular weight excluding hydrogens is 270 g/mol. The Hall–Kier alpha value is -1.88. The summed E-state index contributed by atoms with van der Waals surface area (Å²) in [4.78, 5) is 26.0. The number of carbonyl (C=O) groups excluding carboxylic acids is 2. The van der Waals surface area contributed by atoms with Crippen LogP contribution in [0, 0.1) is 0 Å². The molecule has 5 heteroatoms. The monoisotopic (exact) mass is 289 g/mol. The Kier molecular flexibility index (Phi) is 3.92. The van der Waals surface area contributed by atoms with Gasteiger partial charge in [0, 0.05) is 13.0 Å². The van der Waals surface area contributed by atoms with E-state index in [9.17, 15) is 14.7 Å². The van der Waals surface area contributed by atoms with Crippen molar-refractivity contribution < 1.29 is 19.4 Å². The molecule has 2 heterocycles. The van der Waals surface area contributed by atoms with E-state index in [-0.39, 0.29) is 36.2 Å². The van der Waals surface area contributed by atoms with Crippen LogP contribution in [0.4, 0.5) is 0 Å². The lowest BCUT2D eigenvalue weighted by Crippen LogP contribution is -2.52. The van der Waals surface area contributed by atoms with Crippen molar-refractivity contribution in [1.82, 2.24) is 4.90 Å². The number of amides is 1. The van der Waals surface area contributed by atoms with E-state index in [0.717, 1.165) is 18.4 Å². The highest BCUT2D eigenvalue weighted by Gasteiger charge is 2.43. The second-order valence-corrected chi connectivity index (χ2v) is 5.66. The molecule has 5 nitrogen and oxygen atoms in total. The standard InChI is InChI=1S/C16H19NO4/c18-12-6-3-11(4-7-12)5-8-15(20)17-9-1-2-14-16(17)13(19)10-21-14/h3-4,6-7,14,16,18H,1-2,5,8-10H2. The first-order valence-corrected chi connectivity index (χ1v) is 7.37. The van der Waals surface area contributed by atoms with Crippen LogP contribution in [-0.4, -0.2) is 47.0 Å². The summed E-state index contributed by atoms with van der Waals surface area (Å²) >= 11 is 0. The van der Waals surface area contributed by atoms with Crippen molar-refractivity contribution in [1.29, 1.82) is 0 Å². The summed E-state index contributed by atoms with van der Waals surface area (Å²) < 4.78 is 5.45. The molecule has 3 rings (SSSR count). The number of ether oxygens (including phenoxy) is 1. The summed E-state index contributed by atoms with van der Waals surface area (Å²) in [6.07, 6.45) is 2.63. The Balaban J connectivity index is 1.62. The maximum atomic E-state index is 12.4. The Labute approximate surface area is 123 Å². The molecule has 1 aromatic carbocycles. The fourth-order valence-electron chi connectivity index (χ4n) is 3.13. The molecular formula is C16H19NO4. The van der Waals surface area contributed by atoms with Crippen molar-refractivity contribution >= 4 is 11.7 Å². The second kappa shape index (κ2) is 5.85. The van der Waals surface area contributed by atoms with Crippen molar-refractivity contribution in [2.75, 3.05) is 13.2 Å². The van der Waals surface area contributed by atoms with Gasteiger partial charge in [0.25, 0.3) is 0 Å². The molecule has 112 valence electrons. The van der Waals surface area contributed by atoms with Crippen molar-refractivity contribution in [2.45, 2.75) is 37.8 Å². The summed E-state index contributed by atoms with van der Waals surface area (Å²) in [5.74, 6) is 0.256. The highest BCUT2D eigenvalue weighted by molar-refractivity contribution is 5.92. The third-order valence-corrected chi connectivity index (χ3v) is 4.23. The molecule has 0 aliphatic carbocycles. The Morgan fingerprint density at radius 3 is 2.86 bits per heavy atom. The molecule has 21 heavy (non-hydrogen) atoms. The fraction of sp³-hybridized carbons (Fsp3) is 0.500. The number of piperidine rings is 1. The van der Waals surface area contributed by atoms with E-state index in [4.69, 9.17) is 4.74 Å². The van der Waals surface area contributed by atoms with Gasteiger partial charge in [-0.25, -0.2) is 0 Å². The number of fused-ring (bicyclic) bond motifs is 1. The van der Waals surface area contributed by atoms with E-state index in [1.54, 1.807) is 17.0 Å². The van der Waals surface area contributed by atoms with E-state index >= 15 is 0 Å². The van der Waals surface area contributed by atoms with Gasteiger partial charge in [-0.15, -0.1) is 0 Å². The smallest absolute Gasteiger partial charge is 0.223 e. The minimum atomic E-state index is -0.369. The van der Waals surface area contributed by atoms with Crippen molar-refractivity contribution in [3.05, 3.63) is 29.8 Å². The van der Waals surface area contributed by atoms with Gasteiger partial charge >= 0.3 is 0 Å². The van der Waals surface area contributed by atoms with Gasteiger partial charge in [0.05, 0.1) is 6.10 Å². The predicted octanol–water partition coefficient (Wildman–Crippen LogP) is 1.28. The third kappa shape index (κ3) is 2.93. The number of phenols is 1. The maximum Gasteiger partial charge on any atom is 0.223 e. The summed E-state index contributed by atoms with van der Waals surface area (Å²) in [5, 5.41) is 9.24. The molecule has 1 aromatic rings. The molecule has 2 aliphatic heterocycles. The zero-order valence-electron chi connectivity index (χ0n) is 11.8. The number of likely N-dealkylation sites (tertiary alicyclic amines) is 1. The fourth-order valence-corrected chi connectivity index (χ4v) is 3.13. The number of Topliss-reactive ketones (excluding diaryl/α,β-unsaturated/α-hetero) is 1. The summed E-state index contributed by atoms with van der Waals surface area (Å²) in [6, 6.07) is 6.48. The van der Waals surface area contributed by atoms with Gasteiger partial charge in [-0.05, 0) is 37.0 Å². The van der Waals surface area contributed by atoms with E-state index in [1.165, 1.54) is 0 Å². The molecule has 0 radical (unpaired) electrons. The molecule has 0 bridgehead atoms. The number of aryl methyl sites for hydroxylation is 1. The van der Waals surface area contributed by atoms with Gasteiger partial charge in [-0.2, -0.15) is 0 Å². The van der Waals surface area contributed by atoms with E-state index in [2.05, 4.69) is 0 Å². The van der Waals surface area contributed by atoms with E-state index in [0.29, 0.717) is 19.4 Å². The zero-order valence-corrected chi connectivity index (χ0v) is 11.8. The van der Waals surface area contributed by atoms with Gasteiger partial charge in [0.15, 0.2) is 5.78 Å². The van der Waals surface area contributed by atoms with E-state index in [1.807, 2.05) is 12.1 Å². The van der Waals surface area contributed by atoms with Crippen LogP contribution in [-0.2, 0) is 20.7 Å². The van der Waals surface area contributed by atoms with E-state index < -0.39 is 0 Å². The first-order chi connectivity index (χ1) is 10.1. The van der Waals surface area contributed by atoms with Crippen LogP contribution in [0.1, 0.15) is 24.8 Å². The number of ketones is 1. The zero-order chi connectivity index (χ0) is 14.8. The summed E-state index contributed by atoms with van der Waals surface area (Å²) in [5.41, 5.74) is 1.00. The average Bonchev–Trinajstić information content (AvgIpc) is 2.88. The summed E-state index contributed by atoms with van der Waals surface area (Å²) in [6.45, 7) is 0.780. The first kappa shape index (κ1) is 14.1. The van der Waals surface area contributed by atoms with Gasteiger partial charge in [-0.3, -0.25) is 9.59 Å². The van der Waals surface area contributed by atoms with Crippen molar-refractivity contribution in [3.63, 3.8) is 0 Å². The highest BCUT2D eigenvalue weighted by Crippen LogP contribution is 2.27. The van der Waals surface area contributed by atoms with Crippen LogP contribution in [0.2, 0.25) is 0 Å². The molecule has 1 N–H and O–H groups in total. The lowest BCUT2D eigenvalue weighted by molar-refractivity contribution is -0.140. The van der Waals surface area contributed by atoms with Gasteiger partial charge in [-0.1, -0.05) is 12.1 Å². The number of carbonyl (C=O) groups is 2. The maximum absolute atomic E-state index is 12.4. The van der Waals surface area contributed by atoms with Crippen LogP contribution in [0.3, 0.4) is 0 Å². The highest BCUT2D eigenvalue weighted by atomic mass is 16.5. The lowest BCUT2D eigenvalue weighted by atomic mass is 9.97. The second-order valence-electron chi connectivity index (χ2n) is 5.66. The topological polar surface area (TPSA) is 66.8 Å².